The first-order valence-corrected chi connectivity index (χ1v) is 10.5. The van der Waals surface area contributed by atoms with Crippen LogP contribution in [0, 0.1) is 6.92 Å². The molecule has 2 rings (SSSR count). The van der Waals surface area contributed by atoms with Gasteiger partial charge < -0.3 is 29.3 Å². The first-order chi connectivity index (χ1) is 14.9. The van der Waals surface area contributed by atoms with Gasteiger partial charge in [-0.3, -0.25) is 0 Å². The normalized spacial score (nSPS) is 11.9. The van der Waals surface area contributed by atoms with Crippen molar-refractivity contribution in [3.63, 3.8) is 0 Å². The van der Waals surface area contributed by atoms with Crippen molar-refractivity contribution >= 4 is 35.9 Å². The monoisotopic (exact) mass is 559 g/mol. The van der Waals surface area contributed by atoms with E-state index in [1.165, 1.54) is 7.11 Å². The van der Waals surface area contributed by atoms with Crippen LogP contribution in [0.25, 0.3) is 0 Å². The van der Waals surface area contributed by atoms with Gasteiger partial charge >= 0.3 is 5.97 Å². The first kappa shape index (κ1) is 27.6. The van der Waals surface area contributed by atoms with Crippen LogP contribution in [0.2, 0.25) is 0 Å². The Balaban J connectivity index is 0.00000512. The molecule has 8 nitrogen and oxygen atoms in total. The third-order valence-electron chi connectivity index (χ3n) is 4.53. The molecule has 178 valence electrons. The topological polar surface area (TPSA) is 94.3 Å². The molecule has 32 heavy (non-hydrogen) atoms. The Hall–Kier alpha value is -2.43. The van der Waals surface area contributed by atoms with Gasteiger partial charge in [-0.2, -0.15) is 0 Å². The predicted molar refractivity (Wildman–Crippen MR) is 135 cm³/mol. The van der Waals surface area contributed by atoms with Gasteiger partial charge in [-0.15, -0.1) is 24.0 Å². The summed E-state index contributed by atoms with van der Waals surface area (Å²) >= 11 is 0. The number of methoxy groups -OCH3 is 1. The number of guanidine groups is 1. The number of ether oxygens (including phenoxy) is 3. The number of carbonyl (C=O) groups is 1. The Morgan fingerprint density at radius 2 is 1.81 bits per heavy atom. The van der Waals surface area contributed by atoms with Crippen LogP contribution in [0.5, 0.6) is 11.5 Å². The van der Waals surface area contributed by atoms with Crippen molar-refractivity contribution in [3.8, 4) is 11.5 Å². The lowest BCUT2D eigenvalue weighted by Crippen LogP contribution is -2.38. The number of furan rings is 1. The largest absolute Gasteiger partial charge is 0.490 e. The quantitative estimate of drug-likeness (QED) is 0.190. The maximum atomic E-state index is 11.8. The summed E-state index contributed by atoms with van der Waals surface area (Å²) in [6.45, 7) is 11.8. The minimum absolute atomic E-state index is 0. The molecule has 2 N–H and O–H groups in total. The Morgan fingerprint density at radius 3 is 2.44 bits per heavy atom. The highest BCUT2D eigenvalue weighted by molar-refractivity contribution is 14.0. The second-order valence-corrected chi connectivity index (χ2v) is 6.81. The third-order valence-corrected chi connectivity index (χ3v) is 4.53. The summed E-state index contributed by atoms with van der Waals surface area (Å²) in [6.07, 6.45) is 0. The molecule has 0 saturated heterocycles. The minimum Gasteiger partial charge on any atom is -0.490 e. The van der Waals surface area contributed by atoms with Crippen molar-refractivity contribution in [2.45, 2.75) is 47.2 Å². The molecule has 0 aliphatic heterocycles. The van der Waals surface area contributed by atoms with Crippen LogP contribution in [0.4, 0.5) is 0 Å². The molecular formula is C23H34IN3O5. The van der Waals surface area contributed by atoms with Gasteiger partial charge in [0.25, 0.3) is 0 Å². The van der Waals surface area contributed by atoms with E-state index in [0.29, 0.717) is 42.8 Å². The van der Waals surface area contributed by atoms with E-state index >= 15 is 0 Å². The maximum Gasteiger partial charge on any atom is 0.341 e. The van der Waals surface area contributed by atoms with Gasteiger partial charge in [0.2, 0.25) is 0 Å². The van der Waals surface area contributed by atoms with Crippen molar-refractivity contribution in [1.82, 2.24) is 10.6 Å². The van der Waals surface area contributed by atoms with Crippen LogP contribution in [0.15, 0.2) is 33.7 Å². The highest BCUT2D eigenvalue weighted by Gasteiger charge is 2.16. The SMILES string of the molecule is CCNC(=NCc1cc(C(=O)OC)c(C)o1)NC(C)c1ccc(OCC)c(OCC)c1.I. The van der Waals surface area contributed by atoms with E-state index in [1.54, 1.807) is 13.0 Å². The summed E-state index contributed by atoms with van der Waals surface area (Å²) < 4.78 is 21.8. The van der Waals surface area contributed by atoms with Crippen LogP contribution in [-0.4, -0.2) is 38.8 Å². The fourth-order valence-corrected chi connectivity index (χ4v) is 3.04. The molecule has 1 heterocycles. The predicted octanol–water partition coefficient (Wildman–Crippen LogP) is 4.61. The highest BCUT2D eigenvalue weighted by Crippen LogP contribution is 2.30. The number of rotatable bonds is 10. The zero-order chi connectivity index (χ0) is 22.8. The lowest BCUT2D eigenvalue weighted by Gasteiger charge is -2.20. The van der Waals surface area contributed by atoms with Crippen molar-refractivity contribution in [3.05, 3.63) is 46.9 Å². The molecule has 1 atom stereocenters. The number of benzene rings is 1. The third kappa shape index (κ3) is 7.61. The molecule has 1 aromatic carbocycles. The summed E-state index contributed by atoms with van der Waals surface area (Å²) in [5.41, 5.74) is 1.45. The number of halogens is 1. The molecule has 0 saturated carbocycles. The number of aliphatic imine (C=N–C) groups is 1. The number of esters is 1. The lowest BCUT2D eigenvalue weighted by molar-refractivity contribution is 0.0599. The molecule has 0 amide bonds. The molecule has 0 bridgehead atoms. The molecule has 0 fully saturated rings. The molecule has 0 radical (unpaired) electrons. The standard InChI is InChI=1S/C23H33N3O5.HI/c1-7-24-23(25-14-18-13-19(16(5)31-18)22(27)28-6)26-15(4)17-10-11-20(29-8-2)21(12-17)30-9-3;/h10-13,15H,7-9,14H2,1-6H3,(H2,24,25,26);1H. The van der Waals surface area contributed by atoms with Crippen LogP contribution in [-0.2, 0) is 11.3 Å². The van der Waals surface area contributed by atoms with Gasteiger partial charge in [-0.1, -0.05) is 6.07 Å². The highest BCUT2D eigenvalue weighted by atomic mass is 127. The Kier molecular flexibility index (Phi) is 12.0. The summed E-state index contributed by atoms with van der Waals surface area (Å²) in [5, 5.41) is 6.62. The zero-order valence-corrected chi connectivity index (χ0v) is 21.9. The van der Waals surface area contributed by atoms with Crippen molar-refractivity contribution in [2.24, 2.45) is 4.99 Å². The van der Waals surface area contributed by atoms with Gasteiger partial charge in [0.05, 0.1) is 26.4 Å². The van der Waals surface area contributed by atoms with Gasteiger partial charge in [0, 0.05) is 6.54 Å². The van der Waals surface area contributed by atoms with Gasteiger partial charge in [-0.25, -0.2) is 9.79 Å². The van der Waals surface area contributed by atoms with Crippen LogP contribution < -0.4 is 20.1 Å². The lowest BCUT2D eigenvalue weighted by atomic mass is 10.1. The average Bonchev–Trinajstić information content (AvgIpc) is 3.13. The molecular weight excluding hydrogens is 525 g/mol. The van der Waals surface area contributed by atoms with Crippen molar-refractivity contribution in [2.75, 3.05) is 26.9 Å². The first-order valence-electron chi connectivity index (χ1n) is 10.5. The smallest absolute Gasteiger partial charge is 0.341 e. The van der Waals surface area contributed by atoms with E-state index in [2.05, 4.69) is 15.6 Å². The van der Waals surface area contributed by atoms with Crippen molar-refractivity contribution in [1.29, 1.82) is 0 Å². The molecule has 9 heteroatoms. The number of nitrogens with zero attached hydrogens (tertiary/aromatic N) is 1. The van der Waals surface area contributed by atoms with E-state index in [1.807, 2.05) is 45.9 Å². The molecule has 0 aliphatic carbocycles. The average molecular weight is 559 g/mol. The number of hydrogen-bond acceptors (Lipinski definition) is 6. The summed E-state index contributed by atoms with van der Waals surface area (Å²) in [5.74, 6) is 2.77. The number of aryl methyl sites for hydroxylation is 1. The Bertz CT molecular complexity index is 898. The maximum absolute atomic E-state index is 11.8. The number of carbonyl (C=O) groups excluding carboxylic acids is 1. The molecule has 0 spiro atoms. The second kappa shape index (κ2) is 13.9. The minimum atomic E-state index is -0.421. The fourth-order valence-electron chi connectivity index (χ4n) is 3.04. The molecule has 0 aliphatic rings. The van der Waals surface area contributed by atoms with E-state index < -0.39 is 5.97 Å². The zero-order valence-electron chi connectivity index (χ0n) is 19.6. The van der Waals surface area contributed by atoms with Gasteiger partial charge in [0.1, 0.15) is 23.6 Å². The number of nitrogens with one attached hydrogen (secondary N) is 2. The van der Waals surface area contributed by atoms with Crippen LogP contribution in [0.1, 0.15) is 61.2 Å². The van der Waals surface area contributed by atoms with E-state index in [4.69, 9.17) is 18.6 Å². The van der Waals surface area contributed by atoms with Crippen LogP contribution >= 0.6 is 24.0 Å². The van der Waals surface area contributed by atoms with E-state index in [0.717, 1.165) is 17.1 Å². The van der Waals surface area contributed by atoms with Gasteiger partial charge in [0.15, 0.2) is 17.5 Å². The molecule has 1 aromatic heterocycles. The molecule has 2 aromatic rings. The molecule has 1 unspecified atom stereocenters. The Labute approximate surface area is 207 Å². The Morgan fingerprint density at radius 1 is 1.12 bits per heavy atom. The van der Waals surface area contributed by atoms with Gasteiger partial charge in [-0.05, 0) is 58.4 Å². The van der Waals surface area contributed by atoms with E-state index in [-0.39, 0.29) is 36.6 Å². The van der Waals surface area contributed by atoms with E-state index in [9.17, 15) is 4.79 Å². The fraction of sp³-hybridized carbons (Fsp3) is 0.478. The number of hydrogen-bond donors (Lipinski definition) is 2. The van der Waals surface area contributed by atoms with Crippen molar-refractivity contribution < 1.29 is 23.4 Å². The van der Waals surface area contributed by atoms with Crippen LogP contribution in [0.3, 0.4) is 0 Å². The summed E-state index contributed by atoms with van der Waals surface area (Å²) in [4.78, 5) is 16.4. The second-order valence-electron chi connectivity index (χ2n) is 6.81. The summed E-state index contributed by atoms with van der Waals surface area (Å²) in [7, 11) is 1.35. The summed E-state index contributed by atoms with van der Waals surface area (Å²) in [6, 6.07) is 7.54.